The minimum absolute atomic E-state index is 0.0272. The summed E-state index contributed by atoms with van der Waals surface area (Å²) in [5.41, 5.74) is 0.0498. The van der Waals surface area contributed by atoms with Gasteiger partial charge in [-0.15, -0.1) is 0 Å². The topological polar surface area (TPSA) is 49.3 Å². The van der Waals surface area contributed by atoms with Crippen LogP contribution in [-0.4, -0.2) is 17.1 Å². The Bertz CT molecular complexity index is 404. The Kier molecular flexibility index (Phi) is 4.49. The molecule has 0 heterocycles. The van der Waals surface area contributed by atoms with Crippen molar-refractivity contribution in [2.75, 3.05) is 5.32 Å². The lowest BCUT2D eigenvalue weighted by Crippen LogP contribution is -2.20. The predicted octanol–water partition coefficient (Wildman–Crippen LogP) is 3.37. The zero-order chi connectivity index (χ0) is 13.0. The SMILES string of the molecule is CC(C)CC(C)Nc1c(F)cccc1C(=O)O. The molecule has 0 aliphatic heterocycles. The van der Waals surface area contributed by atoms with Crippen molar-refractivity contribution in [3.8, 4) is 0 Å². The molecule has 94 valence electrons. The standard InChI is InChI=1S/C13H18FNO2/c1-8(2)7-9(3)15-12-10(13(16)17)5-4-6-11(12)14/h4-6,8-9,15H,7H2,1-3H3,(H,16,17). The lowest BCUT2D eigenvalue weighted by atomic mass is 10.0. The number of halogens is 1. The van der Waals surface area contributed by atoms with Gasteiger partial charge < -0.3 is 10.4 Å². The molecule has 0 saturated heterocycles. The Balaban J connectivity index is 2.92. The fraction of sp³-hybridized carbons (Fsp3) is 0.462. The zero-order valence-corrected chi connectivity index (χ0v) is 10.3. The minimum Gasteiger partial charge on any atom is -0.478 e. The van der Waals surface area contributed by atoms with Crippen LogP contribution in [0.15, 0.2) is 18.2 Å². The first-order valence-electron chi connectivity index (χ1n) is 5.70. The largest absolute Gasteiger partial charge is 0.478 e. The van der Waals surface area contributed by atoms with E-state index < -0.39 is 11.8 Å². The van der Waals surface area contributed by atoms with E-state index in [1.54, 1.807) is 0 Å². The zero-order valence-electron chi connectivity index (χ0n) is 10.3. The third-order valence-electron chi connectivity index (χ3n) is 2.46. The van der Waals surface area contributed by atoms with Crippen LogP contribution in [0.1, 0.15) is 37.6 Å². The van der Waals surface area contributed by atoms with Crippen LogP contribution >= 0.6 is 0 Å². The predicted molar refractivity (Wildman–Crippen MR) is 65.9 cm³/mol. The molecule has 0 bridgehead atoms. The van der Waals surface area contributed by atoms with Crippen molar-refractivity contribution in [2.45, 2.75) is 33.2 Å². The molecule has 1 aromatic carbocycles. The first-order chi connectivity index (χ1) is 7.91. The summed E-state index contributed by atoms with van der Waals surface area (Å²) in [6.07, 6.45) is 0.855. The summed E-state index contributed by atoms with van der Waals surface area (Å²) in [6, 6.07) is 4.09. The van der Waals surface area contributed by atoms with E-state index in [4.69, 9.17) is 5.11 Å². The van der Waals surface area contributed by atoms with Gasteiger partial charge in [0, 0.05) is 6.04 Å². The van der Waals surface area contributed by atoms with Crippen LogP contribution in [-0.2, 0) is 0 Å². The summed E-state index contributed by atoms with van der Waals surface area (Å²) < 4.78 is 13.6. The highest BCUT2D eigenvalue weighted by Crippen LogP contribution is 2.22. The van der Waals surface area contributed by atoms with Crippen LogP contribution in [0.3, 0.4) is 0 Å². The summed E-state index contributed by atoms with van der Waals surface area (Å²) in [7, 11) is 0. The molecule has 0 saturated carbocycles. The molecule has 1 rings (SSSR count). The summed E-state index contributed by atoms with van der Waals surface area (Å²) >= 11 is 0. The maximum atomic E-state index is 13.6. The number of carboxylic acids is 1. The second-order valence-electron chi connectivity index (χ2n) is 4.64. The highest BCUT2D eigenvalue weighted by atomic mass is 19.1. The Hall–Kier alpha value is -1.58. The van der Waals surface area contributed by atoms with Crippen molar-refractivity contribution in [3.05, 3.63) is 29.6 Å². The molecule has 0 radical (unpaired) electrons. The fourth-order valence-electron chi connectivity index (χ4n) is 1.86. The Labute approximate surface area is 101 Å². The molecule has 17 heavy (non-hydrogen) atoms. The van der Waals surface area contributed by atoms with Gasteiger partial charge >= 0.3 is 5.97 Å². The Morgan fingerprint density at radius 3 is 2.59 bits per heavy atom. The Morgan fingerprint density at radius 2 is 2.06 bits per heavy atom. The number of aromatic carboxylic acids is 1. The van der Waals surface area contributed by atoms with Crippen molar-refractivity contribution >= 4 is 11.7 Å². The van der Waals surface area contributed by atoms with E-state index in [0.717, 1.165) is 6.42 Å². The van der Waals surface area contributed by atoms with Crippen molar-refractivity contribution in [3.63, 3.8) is 0 Å². The number of carboxylic acid groups (broad SMARTS) is 1. The minimum atomic E-state index is -1.12. The van der Waals surface area contributed by atoms with Crippen LogP contribution < -0.4 is 5.32 Å². The molecule has 1 atom stereocenters. The summed E-state index contributed by atoms with van der Waals surface area (Å²) in [5.74, 6) is -1.18. The average Bonchev–Trinajstić information content (AvgIpc) is 2.19. The monoisotopic (exact) mass is 239 g/mol. The van der Waals surface area contributed by atoms with Gasteiger partial charge in [0.25, 0.3) is 0 Å². The molecular weight excluding hydrogens is 221 g/mol. The maximum absolute atomic E-state index is 13.6. The van der Waals surface area contributed by atoms with E-state index >= 15 is 0 Å². The molecular formula is C13H18FNO2. The molecule has 0 spiro atoms. The molecule has 0 amide bonds. The quantitative estimate of drug-likeness (QED) is 0.828. The molecule has 0 aliphatic carbocycles. The number of nitrogens with one attached hydrogen (secondary N) is 1. The fourth-order valence-corrected chi connectivity index (χ4v) is 1.86. The lowest BCUT2D eigenvalue weighted by Gasteiger charge is -2.19. The highest BCUT2D eigenvalue weighted by molar-refractivity contribution is 5.94. The van der Waals surface area contributed by atoms with E-state index in [1.807, 2.05) is 6.92 Å². The number of benzene rings is 1. The lowest BCUT2D eigenvalue weighted by molar-refractivity contribution is 0.0697. The molecule has 1 aromatic rings. The van der Waals surface area contributed by atoms with E-state index in [0.29, 0.717) is 5.92 Å². The maximum Gasteiger partial charge on any atom is 0.337 e. The van der Waals surface area contributed by atoms with Gasteiger partial charge in [-0.2, -0.15) is 0 Å². The van der Waals surface area contributed by atoms with Gasteiger partial charge in [0.1, 0.15) is 5.82 Å². The second kappa shape index (κ2) is 5.66. The summed E-state index contributed by atoms with van der Waals surface area (Å²) in [5, 5.41) is 11.9. The van der Waals surface area contributed by atoms with Gasteiger partial charge in [0.15, 0.2) is 0 Å². The molecule has 3 nitrogen and oxygen atoms in total. The van der Waals surface area contributed by atoms with Gasteiger partial charge in [-0.25, -0.2) is 9.18 Å². The van der Waals surface area contributed by atoms with E-state index in [1.165, 1.54) is 18.2 Å². The second-order valence-corrected chi connectivity index (χ2v) is 4.64. The van der Waals surface area contributed by atoms with Crippen LogP contribution in [0.4, 0.5) is 10.1 Å². The third kappa shape index (κ3) is 3.73. The highest BCUT2D eigenvalue weighted by Gasteiger charge is 2.16. The van der Waals surface area contributed by atoms with Crippen LogP contribution in [0.5, 0.6) is 0 Å². The van der Waals surface area contributed by atoms with Crippen molar-refractivity contribution in [2.24, 2.45) is 5.92 Å². The van der Waals surface area contributed by atoms with Crippen LogP contribution in [0.2, 0.25) is 0 Å². The van der Waals surface area contributed by atoms with E-state index in [9.17, 15) is 9.18 Å². The molecule has 1 unspecified atom stereocenters. The molecule has 0 fully saturated rings. The molecule has 0 aromatic heterocycles. The van der Waals surface area contributed by atoms with Crippen LogP contribution in [0.25, 0.3) is 0 Å². The van der Waals surface area contributed by atoms with E-state index in [2.05, 4.69) is 19.2 Å². The van der Waals surface area contributed by atoms with Gasteiger partial charge in [-0.1, -0.05) is 19.9 Å². The average molecular weight is 239 g/mol. The van der Waals surface area contributed by atoms with Gasteiger partial charge in [0.2, 0.25) is 0 Å². The summed E-state index contributed by atoms with van der Waals surface area (Å²) in [6.45, 7) is 6.05. The Morgan fingerprint density at radius 1 is 1.41 bits per heavy atom. The number of para-hydroxylation sites is 1. The number of carbonyl (C=O) groups is 1. The first-order valence-corrected chi connectivity index (χ1v) is 5.70. The normalized spacial score (nSPS) is 12.5. The summed E-state index contributed by atoms with van der Waals surface area (Å²) in [4.78, 5) is 11.0. The first kappa shape index (κ1) is 13.5. The molecule has 2 N–H and O–H groups in total. The van der Waals surface area contributed by atoms with Gasteiger partial charge in [-0.05, 0) is 31.4 Å². The van der Waals surface area contributed by atoms with Crippen molar-refractivity contribution in [1.82, 2.24) is 0 Å². The van der Waals surface area contributed by atoms with Gasteiger partial charge in [-0.3, -0.25) is 0 Å². The van der Waals surface area contributed by atoms with Crippen molar-refractivity contribution in [1.29, 1.82) is 0 Å². The van der Waals surface area contributed by atoms with Crippen LogP contribution in [0, 0.1) is 11.7 Å². The third-order valence-corrected chi connectivity index (χ3v) is 2.46. The number of hydrogen-bond acceptors (Lipinski definition) is 2. The number of rotatable bonds is 5. The number of anilines is 1. The van der Waals surface area contributed by atoms with E-state index in [-0.39, 0.29) is 17.3 Å². The van der Waals surface area contributed by atoms with Gasteiger partial charge in [0.05, 0.1) is 11.3 Å². The smallest absolute Gasteiger partial charge is 0.337 e. The molecule has 0 aliphatic rings. The molecule has 4 heteroatoms. The number of hydrogen-bond donors (Lipinski definition) is 2. The van der Waals surface area contributed by atoms with Crippen molar-refractivity contribution < 1.29 is 14.3 Å².